The maximum absolute atomic E-state index is 14.5. The second kappa shape index (κ2) is 10.3. The maximum atomic E-state index is 14.5. The van der Waals surface area contributed by atoms with Gasteiger partial charge in [-0.05, 0) is 31.0 Å². The van der Waals surface area contributed by atoms with Crippen molar-refractivity contribution in [1.82, 2.24) is 14.8 Å². The van der Waals surface area contributed by atoms with Crippen molar-refractivity contribution in [3.05, 3.63) is 63.4 Å². The summed E-state index contributed by atoms with van der Waals surface area (Å²) in [6.45, 7) is 0. The molecule has 1 saturated carbocycles. The first-order valence-corrected chi connectivity index (χ1v) is 11.9. The van der Waals surface area contributed by atoms with Crippen molar-refractivity contribution in [2.45, 2.75) is 43.3 Å². The van der Waals surface area contributed by atoms with E-state index in [0.29, 0.717) is 16.5 Å². The summed E-state index contributed by atoms with van der Waals surface area (Å²) in [4.78, 5) is 22.8. The Morgan fingerprint density at radius 1 is 1.21 bits per heavy atom. The minimum Gasteiger partial charge on any atom is -0.324 e. The molecule has 1 aliphatic rings. The van der Waals surface area contributed by atoms with Crippen LogP contribution in [-0.4, -0.2) is 31.3 Å². The highest BCUT2D eigenvalue weighted by Gasteiger charge is 2.25. The third kappa shape index (κ3) is 5.33. The predicted octanol–water partition coefficient (Wildman–Crippen LogP) is 5.88. The van der Waals surface area contributed by atoms with Gasteiger partial charge in [-0.1, -0.05) is 54.8 Å². The number of carbonyl (C=O) groups is 1. The molecule has 1 amide bonds. The number of rotatable bonds is 7. The molecular formula is C22H21ClFN5O3S. The van der Waals surface area contributed by atoms with E-state index < -0.39 is 4.92 Å². The minimum absolute atomic E-state index is 0.0233. The van der Waals surface area contributed by atoms with E-state index in [-0.39, 0.29) is 39.9 Å². The fraction of sp³-hybridized carbons (Fsp3) is 0.318. The topological polar surface area (TPSA) is 103 Å². The first-order valence-electron chi connectivity index (χ1n) is 10.5. The highest BCUT2D eigenvalue weighted by atomic mass is 35.5. The largest absolute Gasteiger partial charge is 0.324 e. The number of anilines is 1. The van der Waals surface area contributed by atoms with E-state index in [4.69, 9.17) is 11.6 Å². The standard InChI is InChI=1S/C22H21ClFN5O3S/c23-17-12-15(29(31)32)10-11-19(17)25-20(30)13-33-22-27-26-21(16-8-4-5-9-18(16)24)28(22)14-6-2-1-3-7-14/h4-5,8-12,14H,1-3,6-7,13H2,(H,25,30). The van der Waals surface area contributed by atoms with E-state index in [9.17, 15) is 19.3 Å². The molecule has 0 unspecified atom stereocenters. The Morgan fingerprint density at radius 2 is 1.97 bits per heavy atom. The van der Waals surface area contributed by atoms with Gasteiger partial charge in [0.2, 0.25) is 5.91 Å². The molecule has 2 aromatic carbocycles. The molecule has 172 valence electrons. The number of nitro groups is 1. The Kier molecular flexibility index (Phi) is 7.24. The Labute approximate surface area is 198 Å². The summed E-state index contributed by atoms with van der Waals surface area (Å²) in [5.41, 5.74) is 0.506. The molecule has 11 heteroatoms. The fourth-order valence-electron chi connectivity index (χ4n) is 3.91. The number of non-ortho nitro benzene ring substituents is 1. The van der Waals surface area contributed by atoms with Gasteiger partial charge in [-0.3, -0.25) is 19.5 Å². The van der Waals surface area contributed by atoms with E-state index in [1.54, 1.807) is 18.2 Å². The third-order valence-corrected chi connectivity index (χ3v) is 6.74. The number of thioether (sulfide) groups is 1. The van der Waals surface area contributed by atoms with Crippen molar-refractivity contribution in [1.29, 1.82) is 0 Å². The molecule has 0 spiro atoms. The normalized spacial score (nSPS) is 14.2. The Hall–Kier alpha value is -2.98. The van der Waals surface area contributed by atoms with Crippen molar-refractivity contribution in [2.75, 3.05) is 11.1 Å². The van der Waals surface area contributed by atoms with E-state index in [1.165, 1.54) is 36.0 Å². The SMILES string of the molecule is O=C(CSc1nnc(-c2ccccc2F)n1C1CCCCC1)Nc1ccc([N+](=O)[O-])cc1Cl. The molecule has 3 aromatic rings. The first-order chi connectivity index (χ1) is 15.9. The second-order valence-electron chi connectivity index (χ2n) is 7.71. The van der Waals surface area contributed by atoms with E-state index >= 15 is 0 Å². The van der Waals surface area contributed by atoms with E-state index in [0.717, 1.165) is 32.1 Å². The number of amides is 1. The smallest absolute Gasteiger partial charge is 0.271 e. The number of hydrogen-bond acceptors (Lipinski definition) is 6. The van der Waals surface area contributed by atoms with Gasteiger partial charge in [-0.2, -0.15) is 0 Å². The lowest BCUT2D eigenvalue weighted by Gasteiger charge is -2.25. The van der Waals surface area contributed by atoms with Crippen molar-refractivity contribution < 1.29 is 14.1 Å². The van der Waals surface area contributed by atoms with Crippen molar-refractivity contribution >= 4 is 40.6 Å². The maximum Gasteiger partial charge on any atom is 0.271 e. The molecule has 0 radical (unpaired) electrons. The molecule has 0 saturated heterocycles. The quantitative estimate of drug-likeness (QED) is 0.252. The zero-order chi connectivity index (χ0) is 23.4. The lowest BCUT2D eigenvalue weighted by atomic mass is 9.95. The van der Waals surface area contributed by atoms with Crippen molar-refractivity contribution in [3.8, 4) is 11.4 Å². The summed E-state index contributed by atoms with van der Waals surface area (Å²) in [5, 5.41) is 22.7. The van der Waals surface area contributed by atoms with E-state index in [2.05, 4.69) is 15.5 Å². The highest BCUT2D eigenvalue weighted by Crippen LogP contribution is 2.36. The monoisotopic (exact) mass is 489 g/mol. The molecule has 1 N–H and O–H groups in total. The van der Waals surface area contributed by atoms with Crippen molar-refractivity contribution in [2.24, 2.45) is 0 Å². The van der Waals surface area contributed by atoms with Gasteiger partial charge >= 0.3 is 0 Å². The van der Waals surface area contributed by atoms with Crippen LogP contribution in [0.2, 0.25) is 5.02 Å². The van der Waals surface area contributed by atoms with Gasteiger partial charge in [0.25, 0.3) is 5.69 Å². The summed E-state index contributed by atoms with van der Waals surface area (Å²) in [5.74, 6) is -0.234. The predicted molar refractivity (Wildman–Crippen MR) is 125 cm³/mol. The van der Waals surface area contributed by atoms with Crippen LogP contribution in [0, 0.1) is 15.9 Å². The lowest BCUT2D eigenvalue weighted by molar-refractivity contribution is -0.384. The number of nitrogens with zero attached hydrogens (tertiary/aromatic N) is 4. The molecule has 1 fully saturated rings. The summed E-state index contributed by atoms with van der Waals surface area (Å²) >= 11 is 7.27. The van der Waals surface area contributed by atoms with Gasteiger partial charge in [0, 0.05) is 18.2 Å². The summed E-state index contributed by atoms with van der Waals surface area (Å²) in [7, 11) is 0. The lowest BCUT2D eigenvalue weighted by Crippen LogP contribution is -2.17. The number of nitrogens with one attached hydrogen (secondary N) is 1. The zero-order valence-electron chi connectivity index (χ0n) is 17.5. The summed E-state index contributed by atoms with van der Waals surface area (Å²) in [6.07, 6.45) is 5.19. The van der Waals surface area contributed by atoms with Crippen LogP contribution in [-0.2, 0) is 4.79 Å². The van der Waals surface area contributed by atoms with Gasteiger partial charge in [-0.15, -0.1) is 10.2 Å². The minimum atomic E-state index is -0.557. The number of halogens is 2. The average Bonchev–Trinajstić information content (AvgIpc) is 3.23. The van der Waals surface area contributed by atoms with Gasteiger partial charge in [0.1, 0.15) is 5.82 Å². The fourth-order valence-corrected chi connectivity index (χ4v) is 4.93. The molecule has 0 aliphatic heterocycles. The molecule has 8 nitrogen and oxygen atoms in total. The van der Waals surface area contributed by atoms with Gasteiger partial charge < -0.3 is 5.32 Å². The van der Waals surface area contributed by atoms with Crippen LogP contribution in [0.4, 0.5) is 15.8 Å². The molecule has 0 atom stereocenters. The number of nitro benzene ring substituents is 1. The van der Waals surface area contributed by atoms with Crippen LogP contribution >= 0.6 is 23.4 Å². The van der Waals surface area contributed by atoms with Crippen LogP contribution < -0.4 is 5.32 Å². The van der Waals surface area contributed by atoms with Crippen LogP contribution in [0.3, 0.4) is 0 Å². The van der Waals surface area contributed by atoms with E-state index in [1.807, 2.05) is 4.57 Å². The number of hydrogen-bond donors (Lipinski definition) is 1. The molecule has 33 heavy (non-hydrogen) atoms. The second-order valence-corrected chi connectivity index (χ2v) is 9.06. The Morgan fingerprint density at radius 3 is 2.67 bits per heavy atom. The summed E-state index contributed by atoms with van der Waals surface area (Å²) < 4.78 is 16.5. The molecule has 1 aromatic heterocycles. The Balaban J connectivity index is 1.52. The molecule has 1 heterocycles. The van der Waals surface area contributed by atoms with Crippen LogP contribution in [0.1, 0.15) is 38.1 Å². The molecular weight excluding hydrogens is 469 g/mol. The van der Waals surface area contributed by atoms with Gasteiger partial charge in [-0.25, -0.2) is 4.39 Å². The van der Waals surface area contributed by atoms with Crippen LogP contribution in [0.5, 0.6) is 0 Å². The summed E-state index contributed by atoms with van der Waals surface area (Å²) in [6, 6.07) is 10.4. The van der Waals surface area contributed by atoms with Gasteiger partial charge in [0.15, 0.2) is 11.0 Å². The number of aromatic nitrogens is 3. The first kappa shape index (κ1) is 23.2. The molecule has 0 bridgehead atoms. The number of benzene rings is 2. The molecule has 4 rings (SSSR count). The number of carbonyl (C=O) groups excluding carboxylic acids is 1. The van der Waals surface area contributed by atoms with Crippen LogP contribution in [0.15, 0.2) is 47.6 Å². The van der Waals surface area contributed by atoms with Crippen molar-refractivity contribution in [3.63, 3.8) is 0 Å². The Bertz CT molecular complexity index is 1180. The third-order valence-electron chi connectivity index (χ3n) is 5.49. The van der Waals surface area contributed by atoms with Crippen LogP contribution in [0.25, 0.3) is 11.4 Å². The molecule has 1 aliphatic carbocycles. The zero-order valence-corrected chi connectivity index (χ0v) is 19.1. The van der Waals surface area contributed by atoms with Gasteiger partial charge in [0.05, 0.1) is 26.9 Å². The highest BCUT2D eigenvalue weighted by molar-refractivity contribution is 7.99. The average molecular weight is 490 g/mol.